The Morgan fingerprint density at radius 1 is 0.913 bits per heavy atom. The van der Waals surface area contributed by atoms with E-state index in [1.54, 1.807) is 4.90 Å². The van der Waals surface area contributed by atoms with Gasteiger partial charge >= 0.3 is 6.18 Å². The van der Waals surface area contributed by atoms with Crippen molar-refractivity contribution in [1.29, 1.82) is 0 Å². The van der Waals surface area contributed by atoms with Crippen LogP contribution < -0.4 is 9.80 Å². The molecule has 0 aliphatic carbocycles. The number of alkyl halides is 3. The van der Waals surface area contributed by atoms with E-state index in [-0.39, 0.29) is 5.82 Å². The van der Waals surface area contributed by atoms with Gasteiger partial charge in [0.05, 0.1) is 5.56 Å². The lowest BCUT2D eigenvalue weighted by atomic mass is 10.2. The third-order valence-electron chi connectivity index (χ3n) is 3.85. The molecular weight excluding hydrogens is 310 g/mol. The minimum absolute atomic E-state index is 0.0225. The van der Waals surface area contributed by atoms with Crippen LogP contribution in [-0.2, 0) is 6.18 Å². The molecule has 0 unspecified atom stereocenters. The summed E-state index contributed by atoms with van der Waals surface area (Å²) >= 11 is 0. The number of aromatic nitrogens is 1. The fraction of sp³-hybridized carbons (Fsp3) is 0.312. The molecule has 1 aliphatic heterocycles. The number of anilines is 2. The standard InChI is InChI=1S/C16H15F4N3/c17-14-10-12(16(18,19)20)11-21-15(14)23-8-6-22(7-9-23)13-4-2-1-3-5-13/h1-5,10-11H,6-9H2. The van der Waals surface area contributed by atoms with Crippen LogP contribution in [0.5, 0.6) is 0 Å². The Kier molecular flexibility index (Phi) is 4.11. The molecule has 0 atom stereocenters. The molecule has 1 fully saturated rings. The van der Waals surface area contributed by atoms with Gasteiger partial charge in [-0.1, -0.05) is 18.2 Å². The summed E-state index contributed by atoms with van der Waals surface area (Å²) in [5, 5.41) is 0. The van der Waals surface area contributed by atoms with Crippen LogP contribution in [0.3, 0.4) is 0 Å². The van der Waals surface area contributed by atoms with Crippen LogP contribution in [0.25, 0.3) is 0 Å². The van der Waals surface area contributed by atoms with E-state index < -0.39 is 17.6 Å². The average Bonchev–Trinajstić information content (AvgIpc) is 2.55. The highest BCUT2D eigenvalue weighted by Crippen LogP contribution is 2.31. The number of rotatable bonds is 2. The Balaban J connectivity index is 1.71. The van der Waals surface area contributed by atoms with Crippen LogP contribution in [0.4, 0.5) is 29.1 Å². The maximum absolute atomic E-state index is 14.0. The molecule has 7 heteroatoms. The lowest BCUT2D eigenvalue weighted by Crippen LogP contribution is -2.47. The summed E-state index contributed by atoms with van der Waals surface area (Å²) in [6.45, 7) is 2.33. The fourth-order valence-electron chi connectivity index (χ4n) is 2.63. The molecule has 0 saturated carbocycles. The first-order valence-corrected chi connectivity index (χ1v) is 7.23. The summed E-state index contributed by atoms with van der Waals surface area (Å²) in [6, 6.07) is 10.3. The van der Waals surface area contributed by atoms with Crippen molar-refractivity contribution in [3.8, 4) is 0 Å². The number of halogens is 4. The summed E-state index contributed by atoms with van der Waals surface area (Å²) in [6.07, 6.45) is -3.90. The van der Waals surface area contributed by atoms with Crippen molar-refractivity contribution in [3.63, 3.8) is 0 Å². The molecule has 1 saturated heterocycles. The highest BCUT2D eigenvalue weighted by molar-refractivity contribution is 5.49. The zero-order valence-electron chi connectivity index (χ0n) is 12.2. The van der Waals surface area contributed by atoms with Crippen LogP contribution in [0.1, 0.15) is 5.56 Å². The van der Waals surface area contributed by atoms with E-state index in [4.69, 9.17) is 0 Å². The molecule has 2 aromatic rings. The minimum atomic E-state index is -4.58. The Labute approximate surface area is 131 Å². The number of pyridine rings is 1. The van der Waals surface area contributed by atoms with E-state index in [9.17, 15) is 17.6 Å². The van der Waals surface area contributed by atoms with E-state index in [1.807, 2.05) is 30.3 Å². The van der Waals surface area contributed by atoms with Crippen molar-refractivity contribution in [2.75, 3.05) is 36.0 Å². The third-order valence-corrected chi connectivity index (χ3v) is 3.85. The van der Waals surface area contributed by atoms with Gasteiger partial charge in [-0.15, -0.1) is 0 Å². The van der Waals surface area contributed by atoms with E-state index in [2.05, 4.69) is 9.88 Å². The maximum Gasteiger partial charge on any atom is 0.417 e. The van der Waals surface area contributed by atoms with Crippen molar-refractivity contribution < 1.29 is 17.6 Å². The van der Waals surface area contributed by atoms with E-state index in [0.717, 1.165) is 5.69 Å². The van der Waals surface area contributed by atoms with Gasteiger partial charge in [0, 0.05) is 38.1 Å². The largest absolute Gasteiger partial charge is 0.417 e. The number of nitrogens with zero attached hydrogens (tertiary/aromatic N) is 3. The van der Waals surface area contributed by atoms with Gasteiger partial charge < -0.3 is 9.80 Å². The lowest BCUT2D eigenvalue weighted by Gasteiger charge is -2.36. The van der Waals surface area contributed by atoms with Gasteiger partial charge in [0.25, 0.3) is 0 Å². The third kappa shape index (κ3) is 3.38. The molecule has 23 heavy (non-hydrogen) atoms. The number of hydrogen-bond acceptors (Lipinski definition) is 3. The Morgan fingerprint density at radius 2 is 1.52 bits per heavy atom. The number of benzene rings is 1. The first-order valence-electron chi connectivity index (χ1n) is 7.23. The Bertz CT molecular complexity index is 665. The van der Waals surface area contributed by atoms with E-state index in [1.165, 1.54) is 0 Å². The molecular formula is C16H15F4N3. The molecule has 1 aromatic carbocycles. The van der Waals surface area contributed by atoms with Crippen molar-refractivity contribution in [1.82, 2.24) is 4.98 Å². The number of piperazine rings is 1. The number of para-hydroxylation sites is 1. The molecule has 1 aromatic heterocycles. The highest BCUT2D eigenvalue weighted by Gasteiger charge is 2.32. The summed E-state index contributed by atoms with van der Waals surface area (Å²) in [5.74, 6) is -0.960. The van der Waals surface area contributed by atoms with Crippen LogP contribution in [0.2, 0.25) is 0 Å². The molecule has 0 radical (unpaired) electrons. The second-order valence-electron chi connectivity index (χ2n) is 5.34. The molecule has 0 amide bonds. The van der Waals surface area contributed by atoms with Crippen molar-refractivity contribution >= 4 is 11.5 Å². The van der Waals surface area contributed by atoms with Crippen LogP contribution in [0, 0.1) is 5.82 Å². The Hall–Kier alpha value is -2.31. The summed E-state index contributed by atoms with van der Waals surface area (Å²) < 4.78 is 51.6. The van der Waals surface area contributed by atoms with Gasteiger partial charge in [-0.3, -0.25) is 0 Å². The molecule has 3 nitrogen and oxygen atoms in total. The smallest absolute Gasteiger partial charge is 0.368 e. The van der Waals surface area contributed by atoms with Gasteiger partial charge in [0.15, 0.2) is 11.6 Å². The van der Waals surface area contributed by atoms with Crippen LogP contribution in [0.15, 0.2) is 42.6 Å². The van der Waals surface area contributed by atoms with Crippen LogP contribution in [-0.4, -0.2) is 31.2 Å². The SMILES string of the molecule is Fc1cc(C(F)(F)F)cnc1N1CCN(c2ccccc2)CC1. The first kappa shape index (κ1) is 15.6. The average molecular weight is 325 g/mol. The minimum Gasteiger partial charge on any atom is -0.368 e. The predicted molar refractivity (Wildman–Crippen MR) is 80.1 cm³/mol. The monoisotopic (exact) mass is 325 g/mol. The van der Waals surface area contributed by atoms with Gasteiger partial charge in [0.1, 0.15) is 0 Å². The van der Waals surface area contributed by atoms with Gasteiger partial charge in [-0.05, 0) is 18.2 Å². The molecule has 1 aliphatic rings. The summed E-state index contributed by atoms with van der Waals surface area (Å²) in [5.41, 5.74) is 0.00896. The van der Waals surface area contributed by atoms with Crippen molar-refractivity contribution in [3.05, 3.63) is 54.0 Å². The van der Waals surface area contributed by atoms with Gasteiger partial charge in [0.2, 0.25) is 0 Å². The normalized spacial score (nSPS) is 15.8. The number of hydrogen-bond donors (Lipinski definition) is 0. The van der Waals surface area contributed by atoms with Crippen molar-refractivity contribution in [2.45, 2.75) is 6.18 Å². The first-order chi connectivity index (χ1) is 10.9. The van der Waals surface area contributed by atoms with Crippen molar-refractivity contribution in [2.24, 2.45) is 0 Å². The topological polar surface area (TPSA) is 19.4 Å². The van der Waals surface area contributed by atoms with E-state index >= 15 is 0 Å². The molecule has 122 valence electrons. The Morgan fingerprint density at radius 3 is 2.09 bits per heavy atom. The maximum atomic E-state index is 14.0. The highest BCUT2D eigenvalue weighted by atomic mass is 19.4. The molecule has 0 N–H and O–H groups in total. The molecule has 2 heterocycles. The molecule has 3 rings (SSSR count). The summed E-state index contributed by atoms with van der Waals surface area (Å²) in [4.78, 5) is 7.51. The quantitative estimate of drug-likeness (QED) is 0.787. The molecule has 0 spiro atoms. The van der Waals surface area contributed by atoms with Gasteiger partial charge in [-0.2, -0.15) is 13.2 Å². The second-order valence-corrected chi connectivity index (χ2v) is 5.34. The van der Waals surface area contributed by atoms with E-state index in [0.29, 0.717) is 38.4 Å². The van der Waals surface area contributed by atoms with Crippen LogP contribution >= 0.6 is 0 Å². The summed E-state index contributed by atoms with van der Waals surface area (Å²) in [7, 11) is 0. The molecule has 0 bridgehead atoms. The predicted octanol–water partition coefficient (Wildman–Crippen LogP) is 3.57. The fourth-order valence-corrected chi connectivity index (χ4v) is 2.63. The van der Waals surface area contributed by atoms with Gasteiger partial charge in [-0.25, -0.2) is 9.37 Å². The lowest BCUT2D eigenvalue weighted by molar-refractivity contribution is -0.138. The zero-order chi connectivity index (χ0) is 16.4. The second kappa shape index (κ2) is 6.06. The zero-order valence-corrected chi connectivity index (χ0v) is 12.2.